The highest BCUT2D eigenvalue weighted by Crippen LogP contribution is 2.30. The van der Waals surface area contributed by atoms with Gasteiger partial charge in [0.2, 0.25) is 5.91 Å². The van der Waals surface area contributed by atoms with Gasteiger partial charge >= 0.3 is 18.3 Å². The molecule has 39 heavy (non-hydrogen) atoms. The van der Waals surface area contributed by atoms with Crippen molar-refractivity contribution in [1.29, 1.82) is 0 Å². The highest BCUT2D eigenvalue weighted by atomic mass is 32.2. The van der Waals surface area contributed by atoms with Crippen molar-refractivity contribution in [2.75, 3.05) is 36.7 Å². The lowest BCUT2D eigenvalue weighted by Gasteiger charge is -2.32. The molecule has 212 valence electrons. The summed E-state index contributed by atoms with van der Waals surface area (Å²) >= 11 is 1.48. The lowest BCUT2D eigenvalue weighted by molar-refractivity contribution is -0.137. The molecule has 4 amide bonds. The van der Waals surface area contributed by atoms with E-state index in [1.54, 1.807) is 12.1 Å². The number of carbonyl (C=O) groups is 3. The van der Waals surface area contributed by atoms with E-state index in [1.165, 1.54) is 23.9 Å². The van der Waals surface area contributed by atoms with Crippen LogP contribution in [0.1, 0.15) is 12.0 Å². The SMILES string of the molecule is CSc1ccc(S(=O)(=O)C[C@@H]2CCOC[C@@H]2NC(=O)CNC(=O)N(C(=O)O)c2ccc(C(F)(F)F)cc2)cc1. The Kier molecular flexibility index (Phi) is 9.85. The maximum Gasteiger partial charge on any atom is 0.420 e. The monoisotopic (exact) mass is 589 g/mol. The number of sulfone groups is 1. The molecule has 0 aliphatic carbocycles. The molecule has 0 bridgehead atoms. The quantitative estimate of drug-likeness (QED) is 0.397. The number of hydrogen-bond donors (Lipinski definition) is 3. The number of thioether (sulfide) groups is 1. The number of benzene rings is 2. The minimum Gasteiger partial charge on any atom is -0.464 e. The summed E-state index contributed by atoms with van der Waals surface area (Å²) in [6.45, 7) is -0.330. The largest absolute Gasteiger partial charge is 0.464 e. The molecule has 0 unspecified atom stereocenters. The molecule has 0 radical (unpaired) electrons. The number of halogens is 3. The molecule has 2 aromatic carbocycles. The molecule has 2 atom stereocenters. The lowest BCUT2D eigenvalue weighted by Crippen LogP contribution is -2.52. The van der Waals surface area contributed by atoms with Crippen LogP contribution in [0, 0.1) is 5.92 Å². The van der Waals surface area contributed by atoms with E-state index in [9.17, 15) is 41.1 Å². The van der Waals surface area contributed by atoms with Gasteiger partial charge in [-0.25, -0.2) is 18.0 Å². The third-order valence-corrected chi connectivity index (χ3v) is 8.55. The molecule has 1 fully saturated rings. The van der Waals surface area contributed by atoms with E-state index in [4.69, 9.17) is 4.74 Å². The van der Waals surface area contributed by atoms with E-state index in [2.05, 4.69) is 10.6 Å². The fourth-order valence-electron chi connectivity index (χ4n) is 3.91. The van der Waals surface area contributed by atoms with Gasteiger partial charge in [0.15, 0.2) is 9.84 Å². The summed E-state index contributed by atoms with van der Waals surface area (Å²) in [4.78, 5) is 37.8. The summed E-state index contributed by atoms with van der Waals surface area (Å²) in [6, 6.07) is 7.38. The third kappa shape index (κ3) is 8.10. The van der Waals surface area contributed by atoms with E-state index < -0.39 is 58.1 Å². The van der Waals surface area contributed by atoms with Crippen molar-refractivity contribution in [2.24, 2.45) is 5.92 Å². The normalized spacial score (nSPS) is 17.7. The molecular weight excluding hydrogens is 563 g/mol. The van der Waals surface area contributed by atoms with E-state index in [-0.39, 0.29) is 27.8 Å². The Hall–Kier alpha value is -3.30. The Bertz CT molecular complexity index is 1290. The van der Waals surface area contributed by atoms with Crippen LogP contribution in [0.25, 0.3) is 0 Å². The first-order valence-corrected chi connectivity index (χ1v) is 14.4. The Labute approximate surface area is 226 Å². The van der Waals surface area contributed by atoms with Gasteiger partial charge in [-0.05, 0) is 67.1 Å². The van der Waals surface area contributed by atoms with Crippen LogP contribution in [0.4, 0.5) is 28.4 Å². The van der Waals surface area contributed by atoms with Crippen LogP contribution < -0.4 is 15.5 Å². The van der Waals surface area contributed by atoms with Crippen molar-refractivity contribution >= 4 is 45.3 Å². The van der Waals surface area contributed by atoms with Crippen molar-refractivity contribution in [2.45, 2.75) is 28.4 Å². The number of imide groups is 1. The fourth-order valence-corrected chi connectivity index (χ4v) is 6.02. The summed E-state index contributed by atoms with van der Waals surface area (Å²) in [5, 5.41) is 14.1. The zero-order valence-electron chi connectivity index (χ0n) is 20.6. The van der Waals surface area contributed by atoms with E-state index >= 15 is 0 Å². The standard InChI is InChI=1S/C24H26F3N3O7S2/c1-38-18-6-8-19(9-7-18)39(35,36)14-15-10-11-37-13-20(15)29-21(31)12-28-22(32)30(23(33)34)17-4-2-16(3-5-17)24(25,26)27/h2-9,15,20H,10-14H2,1H3,(H,28,32)(H,29,31)(H,33,34)/t15-,20-/m0/s1. The van der Waals surface area contributed by atoms with E-state index in [1.807, 2.05) is 6.26 Å². The first-order chi connectivity index (χ1) is 18.3. The van der Waals surface area contributed by atoms with Crippen molar-refractivity contribution < 1.29 is 45.8 Å². The van der Waals surface area contributed by atoms with Crippen LogP contribution >= 0.6 is 11.8 Å². The molecule has 15 heteroatoms. The van der Waals surface area contributed by atoms with Gasteiger partial charge in [0.25, 0.3) is 0 Å². The molecule has 1 aliphatic rings. The number of hydrogen-bond acceptors (Lipinski definition) is 7. The van der Waals surface area contributed by atoms with Gasteiger partial charge in [0, 0.05) is 11.5 Å². The Balaban J connectivity index is 1.61. The predicted octanol–water partition coefficient (Wildman–Crippen LogP) is 3.62. The molecule has 0 spiro atoms. The van der Waals surface area contributed by atoms with E-state index in [0.717, 1.165) is 17.0 Å². The highest BCUT2D eigenvalue weighted by molar-refractivity contribution is 7.98. The molecule has 3 N–H and O–H groups in total. The number of nitrogens with one attached hydrogen (secondary N) is 2. The Morgan fingerprint density at radius 2 is 1.74 bits per heavy atom. The maximum absolute atomic E-state index is 13.0. The van der Waals surface area contributed by atoms with Gasteiger partial charge in [0.05, 0.1) is 41.1 Å². The second-order valence-corrected chi connectivity index (χ2v) is 11.5. The lowest BCUT2D eigenvalue weighted by atomic mass is 9.97. The zero-order valence-corrected chi connectivity index (χ0v) is 22.2. The number of anilines is 1. The van der Waals surface area contributed by atoms with Crippen molar-refractivity contribution in [3.05, 3.63) is 54.1 Å². The minimum atomic E-state index is -4.65. The zero-order chi connectivity index (χ0) is 28.8. The van der Waals surface area contributed by atoms with Gasteiger partial charge in [0.1, 0.15) is 0 Å². The summed E-state index contributed by atoms with van der Waals surface area (Å²) in [7, 11) is -3.67. The number of amides is 4. The number of carbonyl (C=O) groups excluding carboxylic acids is 2. The summed E-state index contributed by atoms with van der Waals surface area (Å²) < 4.78 is 69.6. The van der Waals surface area contributed by atoms with Crippen molar-refractivity contribution in [1.82, 2.24) is 10.6 Å². The molecule has 2 aromatic rings. The predicted molar refractivity (Wildman–Crippen MR) is 136 cm³/mol. The number of alkyl halides is 3. The molecule has 0 aromatic heterocycles. The fraction of sp³-hybridized carbons (Fsp3) is 0.375. The van der Waals surface area contributed by atoms with Gasteiger partial charge in [-0.1, -0.05) is 0 Å². The van der Waals surface area contributed by atoms with Crippen molar-refractivity contribution in [3.63, 3.8) is 0 Å². The molecule has 3 rings (SSSR count). The molecule has 1 aliphatic heterocycles. The Morgan fingerprint density at radius 1 is 1.10 bits per heavy atom. The van der Waals surface area contributed by atoms with Crippen LogP contribution in [0.15, 0.2) is 58.3 Å². The van der Waals surface area contributed by atoms with Gasteiger partial charge in [-0.15, -0.1) is 11.8 Å². The highest BCUT2D eigenvalue weighted by Gasteiger charge is 2.33. The van der Waals surface area contributed by atoms with Crippen LogP contribution in [0.3, 0.4) is 0 Å². The Morgan fingerprint density at radius 3 is 2.31 bits per heavy atom. The average Bonchev–Trinajstić information content (AvgIpc) is 2.88. The van der Waals surface area contributed by atoms with Crippen LogP contribution in [-0.4, -0.2) is 69.4 Å². The number of ether oxygens (including phenoxy) is 1. The summed E-state index contributed by atoms with van der Waals surface area (Å²) in [5.41, 5.74) is -1.38. The molecule has 10 nitrogen and oxygen atoms in total. The molecule has 1 saturated heterocycles. The topological polar surface area (TPSA) is 142 Å². The van der Waals surface area contributed by atoms with E-state index in [0.29, 0.717) is 25.2 Å². The maximum atomic E-state index is 13.0. The number of rotatable bonds is 8. The number of carboxylic acid groups (broad SMARTS) is 1. The summed E-state index contributed by atoms with van der Waals surface area (Å²) in [5.74, 6) is -1.46. The van der Waals surface area contributed by atoms with Gasteiger partial charge in [-0.2, -0.15) is 18.1 Å². The first kappa shape index (κ1) is 30.2. The van der Waals surface area contributed by atoms with Gasteiger partial charge in [-0.3, -0.25) is 4.79 Å². The third-order valence-electron chi connectivity index (χ3n) is 5.95. The minimum absolute atomic E-state index is 0.0398. The summed E-state index contributed by atoms with van der Waals surface area (Å²) in [6.07, 6.45) is -4.19. The second-order valence-electron chi connectivity index (χ2n) is 8.58. The average molecular weight is 590 g/mol. The molecular formula is C24H26F3N3O7S2. The smallest absolute Gasteiger partial charge is 0.420 e. The second kappa shape index (κ2) is 12.7. The number of nitrogens with zero attached hydrogens (tertiary/aromatic N) is 1. The van der Waals surface area contributed by atoms with Crippen LogP contribution in [-0.2, 0) is 25.5 Å². The molecule has 0 saturated carbocycles. The van der Waals surface area contributed by atoms with Crippen molar-refractivity contribution in [3.8, 4) is 0 Å². The van der Waals surface area contributed by atoms with Crippen LogP contribution in [0.2, 0.25) is 0 Å². The first-order valence-electron chi connectivity index (χ1n) is 11.5. The van der Waals surface area contributed by atoms with Crippen LogP contribution in [0.5, 0.6) is 0 Å². The number of urea groups is 1. The van der Waals surface area contributed by atoms with Gasteiger partial charge < -0.3 is 20.5 Å². The molecule has 1 heterocycles.